The van der Waals surface area contributed by atoms with Gasteiger partial charge in [-0.2, -0.15) is 0 Å². The van der Waals surface area contributed by atoms with Crippen LogP contribution in [0.5, 0.6) is 0 Å². The summed E-state index contributed by atoms with van der Waals surface area (Å²) in [4.78, 5) is 0. The maximum Gasteiger partial charge on any atom is 0.124 e. The Morgan fingerprint density at radius 1 is 1.64 bits per heavy atom. The maximum absolute atomic E-state index is 13.6. The summed E-state index contributed by atoms with van der Waals surface area (Å²) in [6.45, 7) is 1.43. The van der Waals surface area contributed by atoms with Gasteiger partial charge in [0.1, 0.15) is 5.67 Å². The third kappa shape index (κ3) is 2.51. The molecule has 1 heterocycles. The second kappa shape index (κ2) is 3.73. The topological polar surface area (TPSA) is 12.0 Å². The van der Waals surface area contributed by atoms with E-state index in [1.54, 1.807) is 0 Å². The molecule has 1 atom stereocenters. The van der Waals surface area contributed by atoms with Gasteiger partial charge < -0.3 is 5.32 Å². The van der Waals surface area contributed by atoms with Gasteiger partial charge >= 0.3 is 0 Å². The summed E-state index contributed by atoms with van der Waals surface area (Å²) >= 11 is 0. The van der Waals surface area contributed by atoms with Crippen LogP contribution < -0.4 is 5.32 Å². The lowest BCUT2D eigenvalue weighted by Gasteiger charge is -2.29. The summed E-state index contributed by atoms with van der Waals surface area (Å²) in [6.07, 6.45) is 7.73. The van der Waals surface area contributed by atoms with Gasteiger partial charge in [0.2, 0.25) is 0 Å². The van der Waals surface area contributed by atoms with E-state index in [1.807, 2.05) is 0 Å². The van der Waals surface area contributed by atoms with E-state index in [9.17, 15) is 4.39 Å². The van der Waals surface area contributed by atoms with Crippen molar-refractivity contribution in [2.45, 2.75) is 31.4 Å². The number of piperidine rings is 1. The van der Waals surface area contributed by atoms with Gasteiger partial charge in [-0.15, -0.1) is 12.3 Å². The van der Waals surface area contributed by atoms with Crippen molar-refractivity contribution in [2.75, 3.05) is 13.1 Å². The molecule has 1 saturated heterocycles. The van der Waals surface area contributed by atoms with Crippen LogP contribution in [0.2, 0.25) is 0 Å². The van der Waals surface area contributed by atoms with Crippen molar-refractivity contribution in [1.29, 1.82) is 0 Å². The maximum atomic E-state index is 13.6. The Balaban J connectivity index is 2.32. The summed E-state index contributed by atoms with van der Waals surface area (Å²) in [5.41, 5.74) is -1.02. The molecule has 0 radical (unpaired) electrons. The van der Waals surface area contributed by atoms with Crippen LogP contribution in [0.25, 0.3) is 0 Å². The minimum Gasteiger partial charge on any atom is -0.314 e. The number of hydrogen-bond acceptors (Lipinski definition) is 1. The fraction of sp³-hybridized carbons (Fsp3) is 0.778. The molecule has 1 N–H and O–H groups in total. The van der Waals surface area contributed by atoms with Crippen molar-refractivity contribution >= 4 is 0 Å². The van der Waals surface area contributed by atoms with Gasteiger partial charge in [0.05, 0.1) is 0 Å². The van der Waals surface area contributed by atoms with Crippen LogP contribution in [-0.2, 0) is 0 Å². The third-order valence-corrected chi connectivity index (χ3v) is 2.14. The highest BCUT2D eigenvalue weighted by atomic mass is 19.1. The summed E-state index contributed by atoms with van der Waals surface area (Å²) in [6, 6.07) is 0. The lowest BCUT2D eigenvalue weighted by Crippen LogP contribution is -2.42. The van der Waals surface area contributed by atoms with Gasteiger partial charge in [-0.05, 0) is 25.8 Å². The van der Waals surface area contributed by atoms with E-state index in [0.717, 1.165) is 13.0 Å². The molecule has 0 aromatic carbocycles. The molecule has 62 valence electrons. The van der Waals surface area contributed by atoms with Crippen LogP contribution >= 0.6 is 0 Å². The summed E-state index contributed by atoms with van der Waals surface area (Å²) in [5, 5.41) is 3.04. The molecule has 0 aromatic rings. The molecule has 0 bridgehead atoms. The quantitative estimate of drug-likeness (QED) is 0.596. The van der Waals surface area contributed by atoms with Crippen molar-refractivity contribution in [3.05, 3.63) is 0 Å². The molecular formula is C9H14FN. The van der Waals surface area contributed by atoms with Crippen molar-refractivity contribution in [3.63, 3.8) is 0 Å². The monoisotopic (exact) mass is 155 g/mol. The van der Waals surface area contributed by atoms with Crippen molar-refractivity contribution in [1.82, 2.24) is 5.32 Å². The second-order valence-electron chi connectivity index (χ2n) is 3.14. The molecular weight excluding hydrogens is 141 g/mol. The first-order valence-corrected chi connectivity index (χ1v) is 4.10. The molecule has 1 unspecified atom stereocenters. The van der Waals surface area contributed by atoms with Gasteiger partial charge in [-0.25, -0.2) is 4.39 Å². The predicted molar refractivity (Wildman–Crippen MR) is 44.0 cm³/mol. The van der Waals surface area contributed by atoms with E-state index in [1.165, 1.54) is 0 Å². The molecule has 1 aliphatic rings. The van der Waals surface area contributed by atoms with Crippen LogP contribution in [0, 0.1) is 12.3 Å². The molecule has 1 aliphatic heterocycles. The molecule has 0 spiro atoms. The predicted octanol–water partition coefficient (Wildman–Crippen LogP) is 1.49. The number of terminal acetylenes is 1. The molecule has 1 fully saturated rings. The third-order valence-electron chi connectivity index (χ3n) is 2.14. The molecule has 2 heteroatoms. The minimum atomic E-state index is -1.02. The minimum absolute atomic E-state index is 0.481. The van der Waals surface area contributed by atoms with E-state index in [4.69, 9.17) is 6.42 Å². The average molecular weight is 155 g/mol. The van der Waals surface area contributed by atoms with E-state index in [-0.39, 0.29) is 0 Å². The molecule has 0 aliphatic carbocycles. The number of rotatable bonds is 2. The molecule has 0 aromatic heterocycles. The van der Waals surface area contributed by atoms with Gasteiger partial charge in [0.25, 0.3) is 0 Å². The van der Waals surface area contributed by atoms with E-state index in [0.29, 0.717) is 25.8 Å². The van der Waals surface area contributed by atoms with Gasteiger partial charge in [-0.1, -0.05) is 0 Å². The SMILES string of the molecule is C#CCCC1(F)CCCNC1. The average Bonchev–Trinajstić information content (AvgIpc) is 2.03. The van der Waals surface area contributed by atoms with Gasteiger partial charge in [0.15, 0.2) is 0 Å². The van der Waals surface area contributed by atoms with Crippen LogP contribution in [0.3, 0.4) is 0 Å². The Kier molecular flexibility index (Phi) is 2.90. The first-order chi connectivity index (χ1) is 5.27. The number of halogens is 1. The lowest BCUT2D eigenvalue weighted by atomic mass is 9.91. The standard InChI is InChI=1S/C9H14FN/c1-2-3-5-9(10)6-4-7-11-8-9/h1,11H,3-8H2. The fourth-order valence-corrected chi connectivity index (χ4v) is 1.44. The van der Waals surface area contributed by atoms with Gasteiger partial charge in [0, 0.05) is 13.0 Å². The molecule has 0 amide bonds. The zero-order valence-electron chi connectivity index (χ0n) is 6.70. The Labute approximate surface area is 67.4 Å². The highest BCUT2D eigenvalue weighted by molar-refractivity contribution is 4.92. The second-order valence-corrected chi connectivity index (χ2v) is 3.14. The normalized spacial score (nSPS) is 31.3. The summed E-state index contributed by atoms with van der Waals surface area (Å²) < 4.78 is 13.6. The summed E-state index contributed by atoms with van der Waals surface area (Å²) in [7, 11) is 0. The summed E-state index contributed by atoms with van der Waals surface area (Å²) in [5.74, 6) is 2.47. The fourth-order valence-electron chi connectivity index (χ4n) is 1.44. The van der Waals surface area contributed by atoms with Crippen molar-refractivity contribution in [3.8, 4) is 12.3 Å². The zero-order chi connectivity index (χ0) is 8.16. The number of alkyl halides is 1. The van der Waals surface area contributed by atoms with Crippen LogP contribution in [0.15, 0.2) is 0 Å². The first kappa shape index (κ1) is 8.55. The molecule has 1 rings (SSSR count). The zero-order valence-corrected chi connectivity index (χ0v) is 6.70. The molecule has 1 nitrogen and oxygen atoms in total. The molecule has 0 saturated carbocycles. The Bertz CT molecular complexity index is 153. The smallest absolute Gasteiger partial charge is 0.124 e. The lowest BCUT2D eigenvalue weighted by molar-refractivity contribution is 0.113. The Hall–Kier alpha value is -0.550. The number of nitrogens with one attached hydrogen (secondary N) is 1. The molecule has 11 heavy (non-hydrogen) atoms. The van der Waals surface area contributed by atoms with E-state index in [2.05, 4.69) is 11.2 Å². The first-order valence-electron chi connectivity index (χ1n) is 4.10. The van der Waals surface area contributed by atoms with Crippen LogP contribution in [0.1, 0.15) is 25.7 Å². The van der Waals surface area contributed by atoms with E-state index >= 15 is 0 Å². The highest BCUT2D eigenvalue weighted by Gasteiger charge is 2.30. The van der Waals surface area contributed by atoms with Crippen LogP contribution in [-0.4, -0.2) is 18.8 Å². The number of hydrogen-bond donors (Lipinski definition) is 1. The van der Waals surface area contributed by atoms with E-state index < -0.39 is 5.67 Å². The van der Waals surface area contributed by atoms with Crippen molar-refractivity contribution in [2.24, 2.45) is 0 Å². The highest BCUT2D eigenvalue weighted by Crippen LogP contribution is 2.25. The Morgan fingerprint density at radius 3 is 3.00 bits per heavy atom. The van der Waals surface area contributed by atoms with Crippen molar-refractivity contribution < 1.29 is 4.39 Å². The largest absolute Gasteiger partial charge is 0.314 e. The Morgan fingerprint density at radius 2 is 2.45 bits per heavy atom. The van der Waals surface area contributed by atoms with Crippen LogP contribution in [0.4, 0.5) is 4.39 Å². The van der Waals surface area contributed by atoms with Gasteiger partial charge in [-0.3, -0.25) is 0 Å².